The summed E-state index contributed by atoms with van der Waals surface area (Å²) in [6, 6.07) is 1.25. The van der Waals surface area contributed by atoms with E-state index in [0.29, 0.717) is 12.5 Å². The Morgan fingerprint density at radius 3 is 2.33 bits per heavy atom. The van der Waals surface area contributed by atoms with Gasteiger partial charge in [0.05, 0.1) is 6.07 Å². The first kappa shape index (κ1) is 14.2. The molecular weight excluding hydrogens is 205 g/mol. The second-order valence-corrected chi connectivity index (χ2v) is 3.96. The van der Waals surface area contributed by atoms with Crippen LogP contribution in [0.25, 0.3) is 0 Å². The Morgan fingerprint density at radius 2 is 1.93 bits per heavy atom. The molecule has 0 aromatic heterocycles. The second-order valence-electron chi connectivity index (χ2n) is 3.96. The Kier molecular flexibility index (Phi) is 6.34. The van der Waals surface area contributed by atoms with Gasteiger partial charge in [0.2, 0.25) is 0 Å². The largest absolute Gasteiger partial charge is 0.405 e. The zero-order valence-electron chi connectivity index (χ0n) is 9.06. The molecule has 1 unspecified atom stereocenters. The first-order valence-electron chi connectivity index (χ1n) is 5.05. The lowest BCUT2D eigenvalue weighted by Gasteiger charge is -2.14. The highest BCUT2D eigenvalue weighted by Crippen LogP contribution is 2.24. The maximum atomic E-state index is 12.1. The van der Waals surface area contributed by atoms with Crippen molar-refractivity contribution in [3.63, 3.8) is 0 Å². The van der Waals surface area contributed by atoms with Crippen LogP contribution in [0, 0.1) is 23.2 Å². The van der Waals surface area contributed by atoms with Gasteiger partial charge >= 0.3 is 6.18 Å². The van der Waals surface area contributed by atoms with Gasteiger partial charge in [0.25, 0.3) is 0 Å². The van der Waals surface area contributed by atoms with Gasteiger partial charge in [0.1, 0.15) is 0 Å². The predicted octanol–water partition coefficient (Wildman–Crippen LogP) is 2.71. The summed E-state index contributed by atoms with van der Waals surface area (Å²) < 4.78 is 36.3. The number of nitrogens with one attached hydrogen (secondary N) is 1. The van der Waals surface area contributed by atoms with E-state index >= 15 is 0 Å². The van der Waals surface area contributed by atoms with E-state index in [4.69, 9.17) is 5.26 Å². The molecule has 1 N–H and O–H groups in total. The van der Waals surface area contributed by atoms with Crippen molar-refractivity contribution in [3.05, 3.63) is 0 Å². The lowest BCUT2D eigenvalue weighted by atomic mass is 10.1. The van der Waals surface area contributed by atoms with Crippen molar-refractivity contribution in [1.29, 1.82) is 5.26 Å². The van der Waals surface area contributed by atoms with Crippen molar-refractivity contribution >= 4 is 0 Å². The zero-order chi connectivity index (χ0) is 11.9. The Balaban J connectivity index is 3.62. The summed E-state index contributed by atoms with van der Waals surface area (Å²) in [5.41, 5.74) is 0. The lowest BCUT2D eigenvalue weighted by Crippen LogP contribution is -2.33. The number of alkyl halides is 3. The standard InChI is InChI=1S/C10H17F3N2/c1-8(2)4-3-5-15-7-9(6-14)10(11,12)13/h8-9,15H,3-5,7H2,1-2H3. The van der Waals surface area contributed by atoms with E-state index in [-0.39, 0.29) is 6.54 Å². The molecule has 5 heteroatoms. The number of halogens is 3. The Bertz CT molecular complexity index is 206. The topological polar surface area (TPSA) is 35.8 Å². The van der Waals surface area contributed by atoms with Crippen molar-refractivity contribution in [3.8, 4) is 6.07 Å². The van der Waals surface area contributed by atoms with Crippen LogP contribution in [0.1, 0.15) is 26.7 Å². The van der Waals surface area contributed by atoms with Crippen LogP contribution < -0.4 is 5.32 Å². The van der Waals surface area contributed by atoms with E-state index in [9.17, 15) is 13.2 Å². The molecular formula is C10H17F3N2. The number of nitriles is 1. The molecule has 0 amide bonds. The molecule has 0 bridgehead atoms. The molecule has 0 aliphatic heterocycles. The molecule has 0 aromatic carbocycles. The molecule has 0 radical (unpaired) electrons. The fraction of sp³-hybridized carbons (Fsp3) is 0.900. The second kappa shape index (κ2) is 6.67. The maximum absolute atomic E-state index is 12.1. The molecule has 0 fully saturated rings. The third kappa shape index (κ3) is 7.20. The van der Waals surface area contributed by atoms with Crippen molar-refractivity contribution in [1.82, 2.24) is 5.32 Å². The minimum atomic E-state index is -4.42. The molecule has 0 saturated carbocycles. The summed E-state index contributed by atoms with van der Waals surface area (Å²) in [4.78, 5) is 0. The zero-order valence-corrected chi connectivity index (χ0v) is 9.06. The Labute approximate surface area is 88.5 Å². The van der Waals surface area contributed by atoms with Crippen LogP contribution in [0.15, 0.2) is 0 Å². The van der Waals surface area contributed by atoms with Gasteiger partial charge in [-0.3, -0.25) is 0 Å². The van der Waals surface area contributed by atoms with E-state index < -0.39 is 12.1 Å². The summed E-state index contributed by atoms with van der Waals surface area (Å²) >= 11 is 0. The number of nitrogens with zero attached hydrogens (tertiary/aromatic N) is 1. The van der Waals surface area contributed by atoms with Gasteiger partial charge < -0.3 is 5.32 Å². The molecule has 0 aliphatic carbocycles. The van der Waals surface area contributed by atoms with Gasteiger partial charge in [-0.25, -0.2) is 0 Å². The van der Waals surface area contributed by atoms with E-state index in [1.54, 1.807) is 0 Å². The van der Waals surface area contributed by atoms with Gasteiger partial charge in [-0.1, -0.05) is 13.8 Å². The summed E-state index contributed by atoms with van der Waals surface area (Å²) in [7, 11) is 0. The predicted molar refractivity (Wildman–Crippen MR) is 52.1 cm³/mol. The summed E-state index contributed by atoms with van der Waals surface area (Å²) in [6.45, 7) is 4.35. The molecule has 0 heterocycles. The normalized spacial score (nSPS) is 13.9. The molecule has 0 aromatic rings. The molecule has 0 saturated heterocycles. The fourth-order valence-electron chi connectivity index (χ4n) is 1.12. The minimum Gasteiger partial charge on any atom is -0.315 e. The molecule has 1 atom stereocenters. The van der Waals surface area contributed by atoms with Crippen LogP contribution in [-0.4, -0.2) is 19.3 Å². The number of hydrogen-bond donors (Lipinski definition) is 1. The third-order valence-corrected chi connectivity index (χ3v) is 2.03. The van der Waals surface area contributed by atoms with Crippen LogP contribution in [0.2, 0.25) is 0 Å². The highest BCUT2D eigenvalue weighted by Gasteiger charge is 2.39. The highest BCUT2D eigenvalue weighted by molar-refractivity contribution is 4.89. The monoisotopic (exact) mass is 222 g/mol. The summed E-state index contributed by atoms with van der Waals surface area (Å²) in [5, 5.41) is 11.0. The summed E-state index contributed by atoms with van der Waals surface area (Å²) in [6.07, 6.45) is -2.59. The quantitative estimate of drug-likeness (QED) is 0.701. The molecule has 2 nitrogen and oxygen atoms in total. The van der Waals surface area contributed by atoms with Crippen molar-refractivity contribution in [2.24, 2.45) is 11.8 Å². The van der Waals surface area contributed by atoms with Crippen LogP contribution >= 0.6 is 0 Å². The molecule has 88 valence electrons. The van der Waals surface area contributed by atoms with Gasteiger partial charge in [0.15, 0.2) is 5.92 Å². The third-order valence-electron chi connectivity index (χ3n) is 2.03. The van der Waals surface area contributed by atoms with Gasteiger partial charge in [-0.05, 0) is 25.3 Å². The van der Waals surface area contributed by atoms with Gasteiger partial charge in [-0.15, -0.1) is 0 Å². The minimum absolute atomic E-state index is 0.307. The maximum Gasteiger partial charge on any atom is 0.405 e. The van der Waals surface area contributed by atoms with E-state index in [0.717, 1.165) is 12.8 Å². The van der Waals surface area contributed by atoms with Crippen LogP contribution in [0.4, 0.5) is 13.2 Å². The fourth-order valence-corrected chi connectivity index (χ4v) is 1.12. The average Bonchev–Trinajstić information content (AvgIpc) is 2.08. The first-order valence-corrected chi connectivity index (χ1v) is 5.05. The molecule has 0 spiro atoms. The smallest absolute Gasteiger partial charge is 0.315 e. The lowest BCUT2D eigenvalue weighted by molar-refractivity contribution is -0.157. The SMILES string of the molecule is CC(C)CCCNCC(C#N)C(F)(F)F. The molecule has 15 heavy (non-hydrogen) atoms. The molecule has 0 aliphatic rings. The van der Waals surface area contributed by atoms with Crippen LogP contribution in [0.5, 0.6) is 0 Å². The summed E-state index contributed by atoms with van der Waals surface area (Å²) in [5.74, 6) is -1.34. The highest BCUT2D eigenvalue weighted by atomic mass is 19.4. The van der Waals surface area contributed by atoms with Crippen LogP contribution in [0.3, 0.4) is 0 Å². The number of rotatable bonds is 6. The van der Waals surface area contributed by atoms with Gasteiger partial charge in [-0.2, -0.15) is 18.4 Å². The number of hydrogen-bond acceptors (Lipinski definition) is 2. The molecule has 0 rings (SSSR count). The van der Waals surface area contributed by atoms with Crippen molar-refractivity contribution in [2.45, 2.75) is 32.9 Å². The Morgan fingerprint density at radius 1 is 1.33 bits per heavy atom. The van der Waals surface area contributed by atoms with E-state index in [2.05, 4.69) is 19.2 Å². The van der Waals surface area contributed by atoms with E-state index in [1.165, 1.54) is 6.07 Å². The van der Waals surface area contributed by atoms with Crippen LogP contribution in [-0.2, 0) is 0 Å². The van der Waals surface area contributed by atoms with E-state index in [1.807, 2.05) is 0 Å². The van der Waals surface area contributed by atoms with Gasteiger partial charge in [0, 0.05) is 6.54 Å². The average molecular weight is 222 g/mol. The van der Waals surface area contributed by atoms with Crippen molar-refractivity contribution < 1.29 is 13.2 Å². The Hall–Kier alpha value is -0.760. The van der Waals surface area contributed by atoms with Crippen molar-refractivity contribution in [2.75, 3.05) is 13.1 Å². The first-order chi connectivity index (χ1) is 6.88.